The number of hydrogen-bond donors (Lipinski definition) is 0. The van der Waals surface area contributed by atoms with Gasteiger partial charge in [0.15, 0.2) is 30.5 Å². The molecule has 0 aliphatic carbocycles. The van der Waals surface area contributed by atoms with Crippen LogP contribution >= 0.6 is 11.3 Å². The number of rotatable bonds is 8. The molecule has 0 N–H and O–H groups in total. The number of piperazine rings is 1. The molecule has 170 valence electrons. The Hall–Kier alpha value is -3.40. The Balaban J connectivity index is 1.41. The maximum atomic E-state index is 12.4. The van der Waals surface area contributed by atoms with E-state index >= 15 is 0 Å². The summed E-state index contributed by atoms with van der Waals surface area (Å²) >= 11 is 1.39. The largest absolute Gasteiger partial charge is 0.493 e. The Morgan fingerprint density at radius 1 is 0.969 bits per heavy atom. The minimum Gasteiger partial charge on any atom is -0.493 e. The summed E-state index contributed by atoms with van der Waals surface area (Å²) in [4.78, 5) is 52.1. The second-order valence-electron chi connectivity index (χ2n) is 7.02. The maximum absolute atomic E-state index is 12.4. The van der Waals surface area contributed by atoms with Crippen molar-refractivity contribution in [3.8, 4) is 11.5 Å². The number of carbonyl (C=O) groups excluding carboxylic acids is 4. The Morgan fingerprint density at radius 2 is 1.69 bits per heavy atom. The van der Waals surface area contributed by atoms with E-state index in [0.29, 0.717) is 42.4 Å². The zero-order valence-corrected chi connectivity index (χ0v) is 18.7. The van der Waals surface area contributed by atoms with Crippen LogP contribution in [0.3, 0.4) is 0 Å². The first-order valence-electron chi connectivity index (χ1n) is 9.97. The minimum atomic E-state index is -0.706. The van der Waals surface area contributed by atoms with Gasteiger partial charge in [0.2, 0.25) is 0 Å². The third-order valence-corrected chi connectivity index (χ3v) is 5.78. The maximum Gasteiger partial charge on any atom is 0.344 e. The van der Waals surface area contributed by atoms with E-state index in [4.69, 9.17) is 14.2 Å². The number of benzene rings is 1. The SMILES string of the molecule is COc1cc(C(C)=O)ccc1OCC(=O)OCC(=O)N1CCN(C(=O)c2cccs2)CC1. The van der Waals surface area contributed by atoms with E-state index in [0.717, 1.165) is 0 Å². The van der Waals surface area contributed by atoms with Crippen molar-refractivity contribution in [3.05, 3.63) is 46.2 Å². The molecule has 1 saturated heterocycles. The summed E-state index contributed by atoms with van der Waals surface area (Å²) < 4.78 is 15.6. The van der Waals surface area contributed by atoms with E-state index in [1.54, 1.807) is 21.9 Å². The van der Waals surface area contributed by atoms with E-state index in [9.17, 15) is 19.2 Å². The van der Waals surface area contributed by atoms with Crippen LogP contribution in [0.5, 0.6) is 11.5 Å². The first-order chi connectivity index (χ1) is 15.4. The molecule has 0 spiro atoms. The zero-order chi connectivity index (χ0) is 23.1. The summed E-state index contributed by atoms with van der Waals surface area (Å²) in [6.45, 7) is 2.23. The summed E-state index contributed by atoms with van der Waals surface area (Å²) in [6, 6.07) is 8.23. The van der Waals surface area contributed by atoms with Crippen molar-refractivity contribution in [2.75, 3.05) is 46.5 Å². The van der Waals surface area contributed by atoms with Crippen LogP contribution in [-0.4, -0.2) is 79.9 Å². The van der Waals surface area contributed by atoms with E-state index in [-0.39, 0.29) is 23.3 Å². The highest BCUT2D eigenvalue weighted by molar-refractivity contribution is 7.12. The van der Waals surface area contributed by atoms with Crippen molar-refractivity contribution >= 4 is 34.9 Å². The molecule has 0 bridgehead atoms. The summed E-state index contributed by atoms with van der Waals surface area (Å²) in [5.41, 5.74) is 0.458. The number of carbonyl (C=O) groups is 4. The average Bonchev–Trinajstić information content (AvgIpc) is 3.35. The Bertz CT molecular complexity index is 982. The number of thiophene rings is 1. The number of ketones is 1. The van der Waals surface area contributed by atoms with Gasteiger partial charge >= 0.3 is 5.97 Å². The van der Waals surface area contributed by atoms with Gasteiger partial charge in [-0.3, -0.25) is 14.4 Å². The topological polar surface area (TPSA) is 102 Å². The van der Waals surface area contributed by atoms with Gasteiger partial charge in [-0.1, -0.05) is 6.07 Å². The third kappa shape index (κ3) is 5.85. The standard InChI is InChI=1S/C22H24N2O7S/c1-15(25)16-5-6-17(18(12-16)29-2)30-14-21(27)31-13-20(26)23-7-9-24(10-8-23)22(28)19-4-3-11-32-19/h3-6,11-12H,7-10,13-14H2,1-2H3. The number of ether oxygens (including phenoxy) is 3. The Labute approximate surface area is 189 Å². The molecule has 32 heavy (non-hydrogen) atoms. The Morgan fingerprint density at radius 3 is 2.31 bits per heavy atom. The number of Topliss-reactive ketones (excluding diaryl/α,β-unsaturated/α-hetero) is 1. The molecule has 2 aromatic rings. The molecule has 2 amide bonds. The quantitative estimate of drug-likeness (QED) is 0.438. The number of methoxy groups -OCH3 is 1. The monoisotopic (exact) mass is 460 g/mol. The first kappa shape index (κ1) is 23.3. The lowest BCUT2D eigenvalue weighted by Crippen LogP contribution is -2.51. The predicted molar refractivity (Wildman–Crippen MR) is 116 cm³/mol. The van der Waals surface area contributed by atoms with Crippen LogP contribution in [0.25, 0.3) is 0 Å². The summed E-state index contributed by atoms with van der Waals surface area (Å²) in [5.74, 6) is -0.594. The summed E-state index contributed by atoms with van der Waals surface area (Å²) in [6.07, 6.45) is 0. The second kappa shape index (κ2) is 10.8. The molecule has 3 rings (SSSR count). The number of nitrogens with zero attached hydrogens (tertiary/aromatic N) is 2. The van der Waals surface area contributed by atoms with Gasteiger partial charge in [-0.05, 0) is 36.6 Å². The van der Waals surface area contributed by atoms with E-state index in [2.05, 4.69) is 0 Å². The number of esters is 1. The van der Waals surface area contributed by atoms with Gasteiger partial charge in [0.1, 0.15) is 0 Å². The van der Waals surface area contributed by atoms with Gasteiger partial charge in [0.05, 0.1) is 12.0 Å². The van der Waals surface area contributed by atoms with Gasteiger partial charge < -0.3 is 24.0 Å². The van der Waals surface area contributed by atoms with Gasteiger partial charge in [0.25, 0.3) is 11.8 Å². The van der Waals surface area contributed by atoms with Crippen molar-refractivity contribution < 1.29 is 33.4 Å². The molecular formula is C22H24N2O7S. The zero-order valence-electron chi connectivity index (χ0n) is 17.9. The third-order valence-electron chi connectivity index (χ3n) is 4.92. The molecule has 9 nitrogen and oxygen atoms in total. The lowest BCUT2D eigenvalue weighted by molar-refractivity contribution is -0.154. The molecule has 0 radical (unpaired) electrons. The minimum absolute atomic E-state index is 0.0394. The van der Waals surface area contributed by atoms with Crippen molar-refractivity contribution in [1.29, 1.82) is 0 Å². The number of amides is 2. The fourth-order valence-electron chi connectivity index (χ4n) is 3.13. The summed E-state index contributed by atoms with van der Waals surface area (Å²) in [7, 11) is 1.43. The van der Waals surface area contributed by atoms with Crippen LogP contribution in [0.2, 0.25) is 0 Å². The smallest absolute Gasteiger partial charge is 0.344 e. The molecule has 1 aliphatic rings. The molecule has 0 unspecified atom stereocenters. The first-order valence-corrected chi connectivity index (χ1v) is 10.8. The van der Waals surface area contributed by atoms with E-state index in [1.165, 1.54) is 37.5 Å². The van der Waals surface area contributed by atoms with Crippen LogP contribution in [-0.2, 0) is 14.3 Å². The highest BCUT2D eigenvalue weighted by atomic mass is 32.1. The fourth-order valence-corrected chi connectivity index (χ4v) is 3.82. The van der Waals surface area contributed by atoms with Gasteiger partial charge in [-0.15, -0.1) is 11.3 Å². The van der Waals surface area contributed by atoms with Gasteiger partial charge in [-0.25, -0.2) is 4.79 Å². The van der Waals surface area contributed by atoms with Crippen LogP contribution in [0.4, 0.5) is 0 Å². The molecule has 1 aromatic carbocycles. The molecule has 1 aliphatic heterocycles. The molecular weight excluding hydrogens is 436 g/mol. The van der Waals surface area contributed by atoms with Crippen molar-refractivity contribution in [2.45, 2.75) is 6.92 Å². The van der Waals surface area contributed by atoms with Crippen LogP contribution in [0.15, 0.2) is 35.7 Å². The second-order valence-corrected chi connectivity index (χ2v) is 7.97. The molecule has 0 saturated carbocycles. The molecule has 1 aromatic heterocycles. The Kier molecular flexibility index (Phi) is 7.82. The molecule has 2 heterocycles. The van der Waals surface area contributed by atoms with Gasteiger partial charge in [-0.2, -0.15) is 0 Å². The van der Waals surface area contributed by atoms with Crippen LogP contribution in [0.1, 0.15) is 27.0 Å². The van der Waals surface area contributed by atoms with E-state index in [1.807, 2.05) is 11.4 Å². The van der Waals surface area contributed by atoms with Gasteiger partial charge in [0, 0.05) is 31.7 Å². The van der Waals surface area contributed by atoms with E-state index < -0.39 is 19.2 Å². The highest BCUT2D eigenvalue weighted by Crippen LogP contribution is 2.28. The van der Waals surface area contributed by atoms with Crippen molar-refractivity contribution in [3.63, 3.8) is 0 Å². The van der Waals surface area contributed by atoms with Crippen LogP contribution < -0.4 is 9.47 Å². The summed E-state index contributed by atoms with van der Waals surface area (Å²) in [5, 5.41) is 1.85. The lowest BCUT2D eigenvalue weighted by atomic mass is 10.1. The van der Waals surface area contributed by atoms with Crippen molar-refractivity contribution in [2.24, 2.45) is 0 Å². The van der Waals surface area contributed by atoms with Crippen LogP contribution in [0, 0.1) is 0 Å². The molecule has 1 fully saturated rings. The number of hydrogen-bond acceptors (Lipinski definition) is 8. The molecule has 10 heteroatoms. The lowest BCUT2D eigenvalue weighted by Gasteiger charge is -2.34. The fraction of sp³-hybridized carbons (Fsp3) is 0.364. The predicted octanol–water partition coefficient (Wildman–Crippen LogP) is 1.87. The average molecular weight is 461 g/mol. The molecule has 0 atom stereocenters. The normalized spacial score (nSPS) is 13.4. The highest BCUT2D eigenvalue weighted by Gasteiger charge is 2.25. The van der Waals surface area contributed by atoms with Crippen molar-refractivity contribution in [1.82, 2.24) is 9.80 Å².